The van der Waals surface area contributed by atoms with Gasteiger partial charge in [-0.05, 0) is 44.0 Å². The zero-order valence-electron chi connectivity index (χ0n) is 13.9. The summed E-state index contributed by atoms with van der Waals surface area (Å²) in [6, 6.07) is 0.444. The van der Waals surface area contributed by atoms with E-state index < -0.39 is 0 Å². The summed E-state index contributed by atoms with van der Waals surface area (Å²) >= 11 is 1.10. The van der Waals surface area contributed by atoms with Crippen molar-refractivity contribution < 1.29 is 4.79 Å². The fourth-order valence-corrected chi connectivity index (χ4v) is 3.84. The number of amides is 1. The Bertz CT molecular complexity index is 463. The summed E-state index contributed by atoms with van der Waals surface area (Å²) in [6.07, 6.45) is 6.89. The molecule has 3 N–H and O–H groups in total. The van der Waals surface area contributed by atoms with E-state index in [0.717, 1.165) is 31.1 Å². The molecule has 1 heterocycles. The third kappa shape index (κ3) is 4.32. The molecule has 0 aromatic carbocycles. The van der Waals surface area contributed by atoms with E-state index in [9.17, 15) is 4.79 Å². The number of carbonyl (C=O) groups excluding carboxylic acids is 1. The van der Waals surface area contributed by atoms with Gasteiger partial charge in [0, 0.05) is 11.5 Å². The first kappa shape index (κ1) is 17.5. The predicted octanol–water partition coefficient (Wildman–Crippen LogP) is 2.99. The molecular weight excluding hydrogens is 296 g/mol. The number of aliphatic imine (C=N–C) groups is 1. The Morgan fingerprint density at radius 2 is 1.86 bits per heavy atom. The van der Waals surface area contributed by atoms with Gasteiger partial charge in [-0.1, -0.05) is 33.6 Å². The van der Waals surface area contributed by atoms with Crippen LogP contribution in [0.2, 0.25) is 0 Å². The lowest BCUT2D eigenvalue weighted by molar-refractivity contribution is -0.122. The second-order valence-electron chi connectivity index (χ2n) is 7.30. The maximum atomic E-state index is 12.5. The van der Waals surface area contributed by atoms with E-state index in [4.69, 9.17) is 11.1 Å². The van der Waals surface area contributed by atoms with Crippen LogP contribution in [0.15, 0.2) is 4.99 Å². The summed E-state index contributed by atoms with van der Waals surface area (Å²) in [5, 5.41) is 8.61. The van der Waals surface area contributed by atoms with Gasteiger partial charge in [-0.25, -0.2) is 0 Å². The normalized spacial score (nSPS) is 24.9. The molecule has 1 saturated heterocycles. The molecular formula is C16H28N4OS. The molecule has 1 aliphatic carbocycles. The average molecular weight is 324 g/mol. The van der Waals surface area contributed by atoms with Crippen LogP contribution in [0.5, 0.6) is 0 Å². The summed E-state index contributed by atoms with van der Waals surface area (Å²) < 4.78 is 0. The first-order chi connectivity index (χ1) is 10.3. The third-order valence-electron chi connectivity index (χ3n) is 4.48. The highest BCUT2D eigenvalue weighted by Crippen LogP contribution is 2.30. The van der Waals surface area contributed by atoms with Crippen molar-refractivity contribution in [2.24, 2.45) is 16.1 Å². The van der Waals surface area contributed by atoms with Crippen LogP contribution in [0.1, 0.15) is 59.3 Å². The number of thioether (sulfide) groups is 1. The number of rotatable bonds is 2. The third-order valence-corrected chi connectivity index (χ3v) is 5.60. The summed E-state index contributed by atoms with van der Waals surface area (Å²) in [4.78, 5) is 18.9. The molecule has 124 valence electrons. The minimum Gasteiger partial charge on any atom is -0.378 e. The van der Waals surface area contributed by atoms with Gasteiger partial charge >= 0.3 is 0 Å². The minimum absolute atomic E-state index is 0.105. The summed E-state index contributed by atoms with van der Waals surface area (Å²) in [5.41, 5.74) is 5.60. The molecule has 5 nitrogen and oxygen atoms in total. The summed E-state index contributed by atoms with van der Waals surface area (Å²) in [7, 11) is 0. The molecule has 6 heteroatoms. The molecule has 0 aromatic heterocycles. The van der Waals surface area contributed by atoms with Crippen molar-refractivity contribution in [3.05, 3.63) is 0 Å². The lowest BCUT2D eigenvalue weighted by Crippen LogP contribution is -2.42. The van der Waals surface area contributed by atoms with Crippen molar-refractivity contribution in [1.82, 2.24) is 4.90 Å². The molecule has 2 fully saturated rings. The Labute approximate surface area is 137 Å². The Hall–Kier alpha value is -0.880. The van der Waals surface area contributed by atoms with Crippen LogP contribution in [-0.2, 0) is 4.79 Å². The van der Waals surface area contributed by atoms with Crippen LogP contribution in [0.25, 0.3) is 0 Å². The molecule has 22 heavy (non-hydrogen) atoms. The Morgan fingerprint density at radius 3 is 2.45 bits per heavy atom. The van der Waals surface area contributed by atoms with Gasteiger partial charge in [-0.2, -0.15) is 4.99 Å². The van der Waals surface area contributed by atoms with E-state index in [1.165, 1.54) is 25.7 Å². The molecule has 1 unspecified atom stereocenters. The van der Waals surface area contributed by atoms with Gasteiger partial charge in [0.1, 0.15) is 0 Å². The molecule has 1 atom stereocenters. The number of likely N-dealkylation sites (tertiary alicyclic amines) is 1. The number of nitrogens with one attached hydrogen (secondary N) is 1. The number of hydrogen-bond acceptors (Lipinski definition) is 4. The van der Waals surface area contributed by atoms with Crippen LogP contribution in [0.4, 0.5) is 0 Å². The van der Waals surface area contributed by atoms with Gasteiger partial charge in [0.15, 0.2) is 5.17 Å². The van der Waals surface area contributed by atoms with Crippen LogP contribution in [-0.4, -0.2) is 39.6 Å². The topological polar surface area (TPSA) is 82.5 Å². The largest absolute Gasteiger partial charge is 0.378 e. The monoisotopic (exact) mass is 324 g/mol. The second kappa shape index (κ2) is 7.13. The SMILES string of the molecule is CC(C)(C)C(=N)SC(N)=NC(=O)C1CCCN1C1CCCC1. The summed E-state index contributed by atoms with van der Waals surface area (Å²) in [6.45, 7) is 6.87. The smallest absolute Gasteiger partial charge is 0.265 e. The van der Waals surface area contributed by atoms with Crippen molar-refractivity contribution >= 4 is 27.9 Å². The van der Waals surface area contributed by atoms with Crippen molar-refractivity contribution in [3.63, 3.8) is 0 Å². The number of amidine groups is 1. The van der Waals surface area contributed by atoms with Gasteiger partial charge < -0.3 is 5.73 Å². The fourth-order valence-electron chi connectivity index (χ4n) is 3.19. The molecule has 1 saturated carbocycles. The van der Waals surface area contributed by atoms with Gasteiger partial charge in [-0.3, -0.25) is 15.1 Å². The molecule has 1 amide bonds. The lowest BCUT2D eigenvalue weighted by Gasteiger charge is -2.28. The number of carbonyl (C=O) groups is 1. The van der Waals surface area contributed by atoms with E-state index in [1.807, 2.05) is 20.8 Å². The van der Waals surface area contributed by atoms with Crippen LogP contribution < -0.4 is 5.73 Å². The van der Waals surface area contributed by atoms with Gasteiger partial charge in [0.05, 0.1) is 11.1 Å². The predicted molar refractivity (Wildman–Crippen MR) is 93.4 cm³/mol. The first-order valence-electron chi connectivity index (χ1n) is 8.19. The van der Waals surface area contributed by atoms with Gasteiger partial charge in [0.25, 0.3) is 5.91 Å². The van der Waals surface area contributed by atoms with Crippen LogP contribution in [0.3, 0.4) is 0 Å². The Balaban J connectivity index is 1.97. The number of nitrogens with two attached hydrogens (primary N) is 1. The lowest BCUT2D eigenvalue weighted by atomic mass is 9.99. The van der Waals surface area contributed by atoms with E-state index in [2.05, 4.69) is 9.89 Å². The summed E-state index contributed by atoms with van der Waals surface area (Å²) in [5.74, 6) is -0.129. The van der Waals surface area contributed by atoms with E-state index >= 15 is 0 Å². The molecule has 0 bridgehead atoms. The van der Waals surface area contributed by atoms with E-state index in [1.54, 1.807) is 0 Å². The van der Waals surface area contributed by atoms with Crippen LogP contribution >= 0.6 is 11.8 Å². The maximum absolute atomic E-state index is 12.5. The zero-order chi connectivity index (χ0) is 16.3. The molecule has 2 rings (SSSR count). The van der Waals surface area contributed by atoms with Gasteiger partial charge in [-0.15, -0.1) is 0 Å². The average Bonchev–Trinajstić information content (AvgIpc) is 3.08. The Morgan fingerprint density at radius 1 is 1.23 bits per heavy atom. The molecule has 0 spiro atoms. The second-order valence-corrected chi connectivity index (χ2v) is 8.33. The first-order valence-corrected chi connectivity index (χ1v) is 9.01. The quantitative estimate of drug-likeness (QED) is 0.604. The van der Waals surface area contributed by atoms with Crippen molar-refractivity contribution in [1.29, 1.82) is 5.41 Å². The number of hydrogen-bond donors (Lipinski definition) is 2. The zero-order valence-corrected chi connectivity index (χ0v) is 14.7. The van der Waals surface area contributed by atoms with Crippen molar-refractivity contribution in [3.8, 4) is 0 Å². The highest BCUT2D eigenvalue weighted by molar-refractivity contribution is 8.26. The molecule has 1 aliphatic heterocycles. The standard InChI is InChI=1S/C16H28N4OS/c1-16(2,3)14(17)22-15(18)19-13(21)12-9-6-10-20(12)11-7-4-5-8-11/h11-12,17H,4-10H2,1-3H3,(H2,18,19,21). The molecule has 2 aliphatic rings. The van der Waals surface area contributed by atoms with Crippen molar-refractivity contribution in [2.45, 2.75) is 71.4 Å². The van der Waals surface area contributed by atoms with Gasteiger partial charge in [0.2, 0.25) is 0 Å². The number of nitrogens with zero attached hydrogens (tertiary/aromatic N) is 2. The highest BCUT2D eigenvalue weighted by Gasteiger charge is 2.36. The van der Waals surface area contributed by atoms with Crippen LogP contribution in [0, 0.1) is 10.8 Å². The van der Waals surface area contributed by atoms with Crippen molar-refractivity contribution in [2.75, 3.05) is 6.54 Å². The van der Waals surface area contributed by atoms with E-state index in [0.29, 0.717) is 11.1 Å². The minimum atomic E-state index is -0.267. The molecule has 0 radical (unpaired) electrons. The Kier molecular flexibility index (Phi) is 5.66. The fraction of sp³-hybridized carbons (Fsp3) is 0.812. The maximum Gasteiger partial charge on any atom is 0.265 e. The molecule has 0 aromatic rings. The van der Waals surface area contributed by atoms with E-state index in [-0.39, 0.29) is 22.5 Å². The highest BCUT2D eigenvalue weighted by atomic mass is 32.2.